The van der Waals surface area contributed by atoms with Gasteiger partial charge in [-0.3, -0.25) is 10.2 Å². The van der Waals surface area contributed by atoms with Crippen molar-refractivity contribution < 1.29 is 19.4 Å². The van der Waals surface area contributed by atoms with E-state index in [2.05, 4.69) is 10.1 Å². The van der Waals surface area contributed by atoms with Crippen molar-refractivity contribution in [3.63, 3.8) is 0 Å². The Bertz CT molecular complexity index is 399. The quantitative estimate of drug-likeness (QED) is 0.133. The van der Waals surface area contributed by atoms with Gasteiger partial charge >= 0.3 is 5.97 Å². The molecule has 6 N–H and O–H groups in total. The summed E-state index contributed by atoms with van der Waals surface area (Å²) in [6.45, 7) is 1.28. The van der Waals surface area contributed by atoms with Gasteiger partial charge in [0.15, 0.2) is 5.03 Å². The number of nitrogens with one attached hydrogen (secondary N) is 2. The molecule has 0 aromatic rings. The lowest BCUT2D eigenvalue weighted by molar-refractivity contribution is -0.629. The zero-order valence-electron chi connectivity index (χ0n) is 11.9. The molecule has 0 aromatic carbocycles. The fourth-order valence-electron chi connectivity index (χ4n) is 1.43. The molecule has 21 heavy (non-hydrogen) atoms. The number of guanidine groups is 1. The van der Waals surface area contributed by atoms with E-state index in [4.69, 9.17) is 16.9 Å². The summed E-state index contributed by atoms with van der Waals surface area (Å²) in [6, 6.07) is -1.77. The first-order valence-electron chi connectivity index (χ1n) is 6.10. The molecule has 0 saturated heterocycles. The molecule has 11 nitrogen and oxygen atoms in total. The number of hydrogen-bond acceptors (Lipinski definition) is 7. The van der Waals surface area contributed by atoms with Gasteiger partial charge in [-0.2, -0.15) is 0 Å². The number of carbonyl (C=O) groups is 2. The summed E-state index contributed by atoms with van der Waals surface area (Å²) in [5, 5.41) is 19.6. The Morgan fingerprint density at radius 3 is 2.48 bits per heavy atom. The van der Waals surface area contributed by atoms with Gasteiger partial charge in [0.05, 0.1) is 19.7 Å². The smallest absolute Gasteiger partial charge is 0.328 e. The molecule has 2 atom stereocenters. The molecule has 0 aromatic heterocycles. The van der Waals surface area contributed by atoms with Gasteiger partial charge in [0.2, 0.25) is 5.91 Å². The van der Waals surface area contributed by atoms with E-state index in [1.165, 1.54) is 6.92 Å². The lowest BCUT2D eigenvalue weighted by Crippen LogP contribution is -2.48. The van der Waals surface area contributed by atoms with Crippen LogP contribution in [0.2, 0.25) is 0 Å². The van der Waals surface area contributed by atoms with Crippen molar-refractivity contribution in [1.29, 1.82) is 5.41 Å². The second kappa shape index (κ2) is 8.68. The minimum Gasteiger partial charge on any atom is -0.467 e. The second-order valence-electron chi connectivity index (χ2n) is 4.26. The summed E-state index contributed by atoms with van der Waals surface area (Å²) in [6.07, 6.45) is 0.225. The maximum absolute atomic E-state index is 11.5. The lowest BCUT2D eigenvalue weighted by atomic mass is 10.1. The number of nitrogens with two attached hydrogens (primary N) is 2. The Morgan fingerprint density at radius 1 is 1.52 bits per heavy atom. The number of hydrazine groups is 1. The number of hydrogen-bond donors (Lipinski definition) is 4. The van der Waals surface area contributed by atoms with Crippen molar-refractivity contribution in [3.05, 3.63) is 10.1 Å². The van der Waals surface area contributed by atoms with Crippen molar-refractivity contribution in [3.8, 4) is 0 Å². The summed E-state index contributed by atoms with van der Waals surface area (Å²) < 4.78 is 4.54. The molecule has 0 fully saturated rings. The molecule has 11 heteroatoms. The van der Waals surface area contributed by atoms with E-state index in [-0.39, 0.29) is 19.4 Å². The first-order chi connectivity index (χ1) is 9.70. The van der Waals surface area contributed by atoms with Crippen LogP contribution in [0.4, 0.5) is 0 Å². The Morgan fingerprint density at radius 2 is 2.10 bits per heavy atom. The number of carbonyl (C=O) groups excluding carboxylic acids is 2. The third-order valence-electron chi connectivity index (χ3n) is 2.55. The van der Waals surface area contributed by atoms with Crippen LogP contribution in [0.5, 0.6) is 0 Å². The molecule has 0 radical (unpaired) electrons. The highest BCUT2D eigenvalue weighted by molar-refractivity contribution is 5.87. The van der Waals surface area contributed by atoms with Gasteiger partial charge in [0.25, 0.3) is 5.96 Å². The van der Waals surface area contributed by atoms with E-state index in [9.17, 15) is 19.7 Å². The monoisotopic (exact) mass is 304 g/mol. The number of esters is 1. The van der Waals surface area contributed by atoms with E-state index < -0.39 is 35.0 Å². The van der Waals surface area contributed by atoms with Crippen molar-refractivity contribution >= 4 is 17.8 Å². The average Bonchev–Trinajstić information content (AvgIpc) is 2.39. The van der Waals surface area contributed by atoms with Gasteiger partial charge in [-0.25, -0.2) is 14.9 Å². The molecule has 1 amide bonds. The molecule has 0 bridgehead atoms. The number of amides is 1. The van der Waals surface area contributed by atoms with Crippen LogP contribution in [-0.2, 0) is 14.3 Å². The van der Waals surface area contributed by atoms with E-state index in [1.807, 2.05) is 0 Å². The van der Waals surface area contributed by atoms with Crippen LogP contribution in [0.3, 0.4) is 0 Å². The average molecular weight is 304 g/mol. The predicted octanol–water partition coefficient (Wildman–Crippen LogP) is -1.84. The number of methoxy groups -OCH3 is 1. The molecule has 120 valence electrons. The van der Waals surface area contributed by atoms with E-state index in [1.54, 1.807) is 0 Å². The Labute approximate surface area is 121 Å². The third-order valence-corrected chi connectivity index (χ3v) is 2.55. The Hall–Kier alpha value is -2.43. The van der Waals surface area contributed by atoms with Crippen LogP contribution in [0.15, 0.2) is 0 Å². The summed E-state index contributed by atoms with van der Waals surface area (Å²) in [5.41, 5.74) is 10.4. The van der Waals surface area contributed by atoms with Gasteiger partial charge in [-0.15, -0.1) is 0 Å². The molecule has 0 unspecified atom stereocenters. The third kappa shape index (κ3) is 6.51. The molecule has 0 rings (SSSR count). The van der Waals surface area contributed by atoms with Gasteiger partial charge in [-0.05, 0) is 19.8 Å². The van der Waals surface area contributed by atoms with Crippen LogP contribution < -0.4 is 16.8 Å². The van der Waals surface area contributed by atoms with E-state index in [0.717, 1.165) is 7.11 Å². The van der Waals surface area contributed by atoms with Crippen molar-refractivity contribution in [2.75, 3.05) is 13.7 Å². The van der Waals surface area contributed by atoms with Crippen molar-refractivity contribution in [2.45, 2.75) is 31.8 Å². The minimum atomic E-state index is -0.964. The molecular weight excluding hydrogens is 284 g/mol. The molecule has 0 aliphatic heterocycles. The fraction of sp³-hybridized carbons (Fsp3) is 0.700. The SMILES string of the molecule is COC(=O)[C@H](CCCN(C(=N)N)[N+](=O)[O-])NC(=O)[C@H](C)N. The summed E-state index contributed by atoms with van der Waals surface area (Å²) in [7, 11) is 1.16. The van der Waals surface area contributed by atoms with Gasteiger partial charge < -0.3 is 21.5 Å². The van der Waals surface area contributed by atoms with Crippen LogP contribution in [-0.4, -0.2) is 53.6 Å². The Kier molecular flexibility index (Phi) is 7.68. The highest BCUT2D eigenvalue weighted by Gasteiger charge is 2.24. The normalized spacial score (nSPS) is 12.9. The van der Waals surface area contributed by atoms with Crippen molar-refractivity contribution in [2.24, 2.45) is 11.5 Å². The predicted molar refractivity (Wildman–Crippen MR) is 72.4 cm³/mol. The van der Waals surface area contributed by atoms with Gasteiger partial charge in [0, 0.05) is 0 Å². The highest BCUT2D eigenvalue weighted by Crippen LogP contribution is 2.03. The lowest BCUT2D eigenvalue weighted by Gasteiger charge is -2.18. The maximum Gasteiger partial charge on any atom is 0.328 e. The molecule has 0 heterocycles. The fourth-order valence-corrected chi connectivity index (χ4v) is 1.43. The molecule has 0 aliphatic carbocycles. The second-order valence-corrected chi connectivity index (χ2v) is 4.26. The largest absolute Gasteiger partial charge is 0.467 e. The zero-order chi connectivity index (χ0) is 16.6. The van der Waals surface area contributed by atoms with Crippen LogP contribution in [0.25, 0.3) is 0 Å². The zero-order valence-corrected chi connectivity index (χ0v) is 11.9. The summed E-state index contributed by atoms with van der Waals surface area (Å²) in [4.78, 5) is 33.6. The van der Waals surface area contributed by atoms with Crippen LogP contribution in [0.1, 0.15) is 19.8 Å². The Balaban J connectivity index is 4.56. The molecule has 0 spiro atoms. The standard InChI is InChI=1S/C10H20N6O5/c1-6(11)8(17)14-7(9(18)21-2)4-3-5-15(10(12)13)16(19)20/h6-7H,3-5,11H2,1-2H3,(H3,12,13)(H,14,17)/t6-,7-/m0/s1. The van der Waals surface area contributed by atoms with Gasteiger partial charge in [0.1, 0.15) is 6.04 Å². The summed E-state index contributed by atoms with van der Waals surface area (Å²) >= 11 is 0. The maximum atomic E-state index is 11.5. The molecule has 0 saturated carbocycles. The van der Waals surface area contributed by atoms with Crippen LogP contribution >= 0.6 is 0 Å². The number of ether oxygens (including phenoxy) is 1. The highest BCUT2D eigenvalue weighted by atomic mass is 16.7. The number of nitrogens with zero attached hydrogens (tertiary/aromatic N) is 2. The molecule has 0 aliphatic rings. The first kappa shape index (κ1) is 18.6. The van der Waals surface area contributed by atoms with Gasteiger partial charge in [-0.1, -0.05) is 5.01 Å². The number of nitro groups is 1. The first-order valence-corrected chi connectivity index (χ1v) is 6.10. The van der Waals surface area contributed by atoms with E-state index in [0.29, 0.717) is 5.01 Å². The van der Waals surface area contributed by atoms with E-state index >= 15 is 0 Å². The minimum absolute atomic E-state index is 0.0861. The topological polar surface area (TPSA) is 178 Å². The molecular formula is C10H20N6O5. The van der Waals surface area contributed by atoms with Crippen molar-refractivity contribution in [1.82, 2.24) is 10.3 Å². The summed E-state index contributed by atoms with van der Waals surface area (Å²) in [5.74, 6) is -1.93. The number of rotatable bonds is 8. The van der Waals surface area contributed by atoms with Crippen LogP contribution in [0, 0.1) is 15.5 Å².